The van der Waals surface area contributed by atoms with Gasteiger partial charge in [-0.1, -0.05) is 20.1 Å². The van der Waals surface area contributed by atoms with Gasteiger partial charge in [0.1, 0.15) is 0 Å². The average molecular weight is 152 g/mol. The van der Waals surface area contributed by atoms with E-state index in [2.05, 4.69) is 20.1 Å². The molecule has 0 saturated carbocycles. The van der Waals surface area contributed by atoms with Gasteiger partial charge in [-0.3, -0.25) is 0 Å². The van der Waals surface area contributed by atoms with Crippen molar-refractivity contribution < 1.29 is 4.74 Å². The van der Waals surface area contributed by atoms with Crippen molar-refractivity contribution in [2.75, 3.05) is 0 Å². The van der Waals surface area contributed by atoms with Crippen molar-refractivity contribution in [2.45, 2.75) is 38.9 Å². The van der Waals surface area contributed by atoms with Crippen LogP contribution in [0.3, 0.4) is 0 Å². The maximum Gasteiger partial charge on any atom is 0.0797 e. The molecule has 0 aromatic carbocycles. The molecule has 2 atom stereocenters. The van der Waals surface area contributed by atoms with Gasteiger partial charge in [0.25, 0.3) is 0 Å². The molecule has 0 aromatic heterocycles. The van der Waals surface area contributed by atoms with Gasteiger partial charge in [0.05, 0.1) is 12.2 Å². The Morgan fingerprint density at radius 2 is 2.18 bits per heavy atom. The Hall–Kier alpha value is -0.560. The lowest BCUT2D eigenvalue weighted by Crippen LogP contribution is -2.27. The Morgan fingerprint density at radius 3 is 2.64 bits per heavy atom. The van der Waals surface area contributed by atoms with Gasteiger partial charge in [-0.2, -0.15) is 0 Å². The van der Waals surface area contributed by atoms with Crippen molar-refractivity contribution in [1.29, 1.82) is 0 Å². The number of hydrogen-bond acceptors (Lipinski definition) is 1. The summed E-state index contributed by atoms with van der Waals surface area (Å²) < 4.78 is 5.66. The van der Waals surface area contributed by atoms with Crippen LogP contribution in [0.5, 0.6) is 0 Å². The zero-order valence-electron chi connectivity index (χ0n) is 7.39. The molecule has 0 N–H and O–H groups in total. The maximum absolute atomic E-state index is 5.66. The third kappa shape index (κ3) is 1.72. The van der Waals surface area contributed by atoms with Crippen LogP contribution in [-0.4, -0.2) is 12.2 Å². The fraction of sp³-hybridized carbons (Fsp3) is 0.600. The molecule has 1 heteroatoms. The van der Waals surface area contributed by atoms with E-state index < -0.39 is 0 Å². The van der Waals surface area contributed by atoms with Crippen LogP contribution < -0.4 is 0 Å². The van der Waals surface area contributed by atoms with Crippen LogP contribution in [0.2, 0.25) is 0 Å². The first-order valence-corrected chi connectivity index (χ1v) is 4.17. The molecule has 0 radical (unpaired) electrons. The molecule has 11 heavy (non-hydrogen) atoms. The van der Waals surface area contributed by atoms with Gasteiger partial charge in [-0.15, -0.1) is 0 Å². The molecule has 1 fully saturated rings. The van der Waals surface area contributed by atoms with Gasteiger partial charge in [0, 0.05) is 0 Å². The van der Waals surface area contributed by atoms with Crippen LogP contribution in [-0.2, 0) is 4.74 Å². The van der Waals surface area contributed by atoms with Crippen molar-refractivity contribution in [3.05, 3.63) is 24.3 Å². The second kappa shape index (κ2) is 3.22. The molecule has 1 aliphatic heterocycles. The summed E-state index contributed by atoms with van der Waals surface area (Å²) in [5.41, 5.74) is 2.23. The summed E-state index contributed by atoms with van der Waals surface area (Å²) in [5, 5.41) is 0. The van der Waals surface area contributed by atoms with E-state index in [1.54, 1.807) is 0 Å². The smallest absolute Gasteiger partial charge is 0.0797 e. The molecule has 0 unspecified atom stereocenters. The molecule has 1 nitrogen and oxygen atoms in total. The van der Waals surface area contributed by atoms with E-state index in [-0.39, 0.29) is 6.10 Å². The summed E-state index contributed by atoms with van der Waals surface area (Å²) in [5.74, 6) is 0. The first-order valence-electron chi connectivity index (χ1n) is 4.17. The van der Waals surface area contributed by atoms with E-state index in [1.807, 2.05) is 6.92 Å². The Bertz CT molecular complexity index is 181. The van der Waals surface area contributed by atoms with Gasteiger partial charge in [0.15, 0.2) is 0 Å². The maximum atomic E-state index is 5.66. The molecule has 1 saturated heterocycles. The highest BCUT2D eigenvalue weighted by Crippen LogP contribution is 2.27. The molecule has 62 valence electrons. The Balaban J connectivity index is 2.62. The molecular weight excluding hydrogens is 136 g/mol. The zero-order valence-corrected chi connectivity index (χ0v) is 7.39. The summed E-state index contributed by atoms with van der Waals surface area (Å²) in [6.45, 7) is 12.1. The summed E-state index contributed by atoms with van der Waals surface area (Å²) in [6, 6.07) is 0. The van der Waals surface area contributed by atoms with Crippen LogP contribution in [0.25, 0.3) is 0 Å². The van der Waals surface area contributed by atoms with Gasteiger partial charge < -0.3 is 4.74 Å². The predicted octanol–water partition coefficient (Wildman–Crippen LogP) is 2.69. The fourth-order valence-electron chi connectivity index (χ4n) is 1.35. The van der Waals surface area contributed by atoms with Gasteiger partial charge in [-0.25, -0.2) is 0 Å². The topological polar surface area (TPSA) is 9.23 Å². The monoisotopic (exact) mass is 152 g/mol. The quantitative estimate of drug-likeness (QED) is 0.561. The van der Waals surface area contributed by atoms with Crippen LogP contribution in [0.4, 0.5) is 0 Å². The highest BCUT2D eigenvalue weighted by molar-refractivity contribution is 5.30. The molecule has 0 spiro atoms. The number of ether oxygens (including phenoxy) is 1. The predicted molar refractivity (Wildman–Crippen MR) is 47.5 cm³/mol. The van der Waals surface area contributed by atoms with E-state index in [0.717, 1.165) is 24.0 Å². The molecule has 0 aliphatic carbocycles. The van der Waals surface area contributed by atoms with E-state index in [9.17, 15) is 0 Å². The molecule has 1 aliphatic rings. The highest BCUT2D eigenvalue weighted by atomic mass is 16.5. The molecular formula is C10H16O. The van der Waals surface area contributed by atoms with E-state index >= 15 is 0 Å². The first-order chi connectivity index (χ1) is 5.15. The third-order valence-electron chi connectivity index (χ3n) is 2.27. The summed E-state index contributed by atoms with van der Waals surface area (Å²) in [7, 11) is 0. The van der Waals surface area contributed by atoms with Crippen molar-refractivity contribution in [1.82, 2.24) is 0 Å². The van der Waals surface area contributed by atoms with Crippen molar-refractivity contribution in [3.63, 3.8) is 0 Å². The molecule has 1 rings (SSSR count). The molecule has 0 bridgehead atoms. The minimum atomic E-state index is 0.168. The molecule has 0 amide bonds. The lowest BCUT2D eigenvalue weighted by molar-refractivity contribution is 0.00297. The third-order valence-corrected chi connectivity index (χ3v) is 2.27. The summed E-state index contributed by atoms with van der Waals surface area (Å²) in [6.07, 6.45) is 2.56. The summed E-state index contributed by atoms with van der Waals surface area (Å²) >= 11 is 0. The molecule has 0 aromatic rings. The lowest BCUT2D eigenvalue weighted by atomic mass is 9.94. The summed E-state index contributed by atoms with van der Waals surface area (Å²) in [4.78, 5) is 0. The van der Waals surface area contributed by atoms with Gasteiger partial charge in [0.2, 0.25) is 0 Å². The standard InChI is InChI=1S/C10H16O/c1-5-10-6-7(2)8(3)9(4)11-10/h9-10H,2-3,5-6H2,1,4H3/t9-,10+/m1/s1. The first kappa shape index (κ1) is 8.54. The zero-order chi connectivity index (χ0) is 8.43. The fourth-order valence-corrected chi connectivity index (χ4v) is 1.35. The highest BCUT2D eigenvalue weighted by Gasteiger charge is 2.22. The normalized spacial score (nSPS) is 32.5. The Labute approximate surface area is 68.8 Å². The van der Waals surface area contributed by atoms with Crippen LogP contribution in [0.1, 0.15) is 26.7 Å². The van der Waals surface area contributed by atoms with E-state index in [0.29, 0.717) is 6.10 Å². The van der Waals surface area contributed by atoms with Crippen LogP contribution in [0, 0.1) is 0 Å². The molecule has 1 heterocycles. The van der Waals surface area contributed by atoms with Gasteiger partial charge in [-0.05, 0) is 30.9 Å². The lowest BCUT2D eigenvalue weighted by Gasteiger charge is -2.30. The van der Waals surface area contributed by atoms with Crippen molar-refractivity contribution in [3.8, 4) is 0 Å². The van der Waals surface area contributed by atoms with Gasteiger partial charge >= 0.3 is 0 Å². The van der Waals surface area contributed by atoms with Crippen LogP contribution >= 0.6 is 0 Å². The number of rotatable bonds is 1. The second-order valence-corrected chi connectivity index (χ2v) is 3.14. The van der Waals surface area contributed by atoms with Crippen molar-refractivity contribution >= 4 is 0 Å². The minimum absolute atomic E-state index is 0.168. The largest absolute Gasteiger partial charge is 0.370 e. The second-order valence-electron chi connectivity index (χ2n) is 3.14. The van der Waals surface area contributed by atoms with Crippen LogP contribution in [0.15, 0.2) is 24.3 Å². The van der Waals surface area contributed by atoms with E-state index in [1.165, 1.54) is 0 Å². The SMILES string of the molecule is C=C1C[C@H](CC)O[C@H](C)C1=C. The average Bonchev–Trinajstić information content (AvgIpc) is 1.99. The van der Waals surface area contributed by atoms with Crippen molar-refractivity contribution in [2.24, 2.45) is 0 Å². The van der Waals surface area contributed by atoms with E-state index in [4.69, 9.17) is 4.74 Å². The Kier molecular flexibility index (Phi) is 2.50. The number of hydrogen-bond donors (Lipinski definition) is 0. The Morgan fingerprint density at radius 1 is 1.55 bits per heavy atom. The minimum Gasteiger partial charge on any atom is -0.370 e.